The van der Waals surface area contributed by atoms with E-state index in [1.165, 1.54) is 6.92 Å². The second-order valence-corrected chi connectivity index (χ2v) is 5.14. The molecule has 1 aliphatic heterocycles. The monoisotopic (exact) mass is 292 g/mol. The number of piperidine rings is 1. The van der Waals surface area contributed by atoms with Crippen molar-refractivity contribution in [2.45, 2.75) is 32.8 Å². The number of carbonyl (C=O) groups is 2. The van der Waals surface area contributed by atoms with Crippen molar-refractivity contribution in [2.75, 3.05) is 19.6 Å². The van der Waals surface area contributed by atoms with Crippen LogP contribution in [0.15, 0.2) is 12.1 Å². The summed E-state index contributed by atoms with van der Waals surface area (Å²) in [5, 5.41) is 10.4. The van der Waals surface area contributed by atoms with Crippen molar-refractivity contribution >= 4 is 11.8 Å². The zero-order valence-corrected chi connectivity index (χ0v) is 12.3. The lowest BCUT2D eigenvalue weighted by atomic mass is 10.1. The highest BCUT2D eigenvalue weighted by molar-refractivity contribution is 5.83. The molecule has 114 valence electrons. The van der Waals surface area contributed by atoms with E-state index < -0.39 is 0 Å². The molecule has 2 heterocycles. The standard InChI is InChI=1S/C14H20N4O3/c1-10-5-6-13(17-16-10)21-12-4-3-7-18(9-12)14(20)8-15-11(2)19/h5-6,12H,3-4,7-9H2,1-2H3,(H,15,19). The lowest BCUT2D eigenvalue weighted by molar-refractivity contribution is -0.134. The molecule has 2 rings (SSSR count). The van der Waals surface area contributed by atoms with Gasteiger partial charge in [-0.3, -0.25) is 9.59 Å². The van der Waals surface area contributed by atoms with Crippen LogP contribution in [0, 0.1) is 6.92 Å². The molecule has 0 radical (unpaired) electrons. The summed E-state index contributed by atoms with van der Waals surface area (Å²) in [5.74, 6) is 0.179. The molecule has 21 heavy (non-hydrogen) atoms. The maximum absolute atomic E-state index is 12.0. The fraction of sp³-hybridized carbons (Fsp3) is 0.571. The molecule has 1 saturated heterocycles. The Labute approximate surface area is 123 Å². The van der Waals surface area contributed by atoms with Gasteiger partial charge in [0.15, 0.2) is 0 Å². The topological polar surface area (TPSA) is 84.4 Å². The Morgan fingerprint density at radius 3 is 2.90 bits per heavy atom. The number of nitrogens with zero attached hydrogens (tertiary/aromatic N) is 3. The summed E-state index contributed by atoms with van der Waals surface area (Å²) in [5.41, 5.74) is 0.832. The van der Waals surface area contributed by atoms with Gasteiger partial charge in [0, 0.05) is 19.5 Å². The minimum atomic E-state index is -0.205. The van der Waals surface area contributed by atoms with E-state index in [9.17, 15) is 9.59 Å². The van der Waals surface area contributed by atoms with E-state index in [2.05, 4.69) is 15.5 Å². The van der Waals surface area contributed by atoms with Crippen LogP contribution in [0.4, 0.5) is 0 Å². The number of amides is 2. The van der Waals surface area contributed by atoms with Gasteiger partial charge in [-0.05, 0) is 25.8 Å². The van der Waals surface area contributed by atoms with E-state index in [-0.39, 0.29) is 24.5 Å². The number of ether oxygens (including phenoxy) is 1. The third-order valence-corrected chi connectivity index (χ3v) is 3.28. The third kappa shape index (κ3) is 4.70. The van der Waals surface area contributed by atoms with E-state index in [0.29, 0.717) is 19.0 Å². The predicted molar refractivity (Wildman–Crippen MR) is 75.7 cm³/mol. The number of aromatic nitrogens is 2. The van der Waals surface area contributed by atoms with Crippen LogP contribution in [0.1, 0.15) is 25.5 Å². The molecule has 1 aromatic rings. The van der Waals surface area contributed by atoms with Crippen molar-refractivity contribution in [3.63, 3.8) is 0 Å². The minimum Gasteiger partial charge on any atom is -0.471 e. The maximum Gasteiger partial charge on any atom is 0.242 e. The summed E-state index contributed by atoms with van der Waals surface area (Å²) in [6.07, 6.45) is 1.66. The number of nitrogens with one attached hydrogen (secondary N) is 1. The highest BCUT2D eigenvalue weighted by Crippen LogP contribution is 2.16. The molecule has 0 aromatic carbocycles. The van der Waals surface area contributed by atoms with E-state index >= 15 is 0 Å². The van der Waals surface area contributed by atoms with E-state index in [0.717, 1.165) is 18.5 Å². The van der Waals surface area contributed by atoms with Gasteiger partial charge in [-0.2, -0.15) is 5.10 Å². The summed E-state index contributed by atoms with van der Waals surface area (Å²) >= 11 is 0. The quantitative estimate of drug-likeness (QED) is 0.862. The Morgan fingerprint density at radius 2 is 2.24 bits per heavy atom. The third-order valence-electron chi connectivity index (χ3n) is 3.28. The van der Waals surface area contributed by atoms with Gasteiger partial charge in [-0.25, -0.2) is 0 Å². The molecule has 1 atom stereocenters. The van der Waals surface area contributed by atoms with Crippen LogP contribution in [-0.4, -0.2) is 52.6 Å². The van der Waals surface area contributed by atoms with Crippen molar-refractivity contribution in [1.82, 2.24) is 20.4 Å². The Balaban J connectivity index is 1.86. The molecule has 0 bridgehead atoms. The van der Waals surface area contributed by atoms with Crippen molar-refractivity contribution in [2.24, 2.45) is 0 Å². The summed E-state index contributed by atoms with van der Waals surface area (Å²) in [7, 11) is 0. The summed E-state index contributed by atoms with van der Waals surface area (Å²) in [6, 6.07) is 3.62. The summed E-state index contributed by atoms with van der Waals surface area (Å²) in [6.45, 7) is 4.49. The Morgan fingerprint density at radius 1 is 1.43 bits per heavy atom. The molecule has 0 saturated carbocycles. The van der Waals surface area contributed by atoms with E-state index in [1.54, 1.807) is 11.0 Å². The Hall–Kier alpha value is -2.18. The molecular weight excluding hydrogens is 272 g/mol. The van der Waals surface area contributed by atoms with Crippen LogP contribution in [0.3, 0.4) is 0 Å². The van der Waals surface area contributed by atoms with E-state index in [1.807, 2.05) is 13.0 Å². The average Bonchev–Trinajstić information content (AvgIpc) is 2.47. The highest BCUT2D eigenvalue weighted by Gasteiger charge is 2.25. The molecular formula is C14H20N4O3. The zero-order chi connectivity index (χ0) is 15.2. The summed E-state index contributed by atoms with van der Waals surface area (Å²) in [4.78, 5) is 24.5. The zero-order valence-electron chi connectivity index (χ0n) is 12.3. The molecule has 2 amide bonds. The first-order valence-corrected chi connectivity index (χ1v) is 7.04. The molecule has 7 heteroatoms. The van der Waals surface area contributed by atoms with Crippen molar-refractivity contribution in [1.29, 1.82) is 0 Å². The number of hydrogen-bond donors (Lipinski definition) is 1. The average molecular weight is 292 g/mol. The smallest absolute Gasteiger partial charge is 0.242 e. The van der Waals surface area contributed by atoms with Gasteiger partial charge in [0.05, 0.1) is 18.8 Å². The van der Waals surface area contributed by atoms with Crippen LogP contribution < -0.4 is 10.1 Å². The normalized spacial score (nSPS) is 18.2. The van der Waals surface area contributed by atoms with Crippen LogP contribution in [0.2, 0.25) is 0 Å². The fourth-order valence-corrected chi connectivity index (χ4v) is 2.19. The molecule has 1 aliphatic rings. The Kier molecular flexibility index (Phi) is 5.08. The number of aryl methyl sites for hydroxylation is 1. The largest absolute Gasteiger partial charge is 0.471 e. The Bertz CT molecular complexity index is 503. The van der Waals surface area contributed by atoms with Gasteiger partial charge in [0.2, 0.25) is 17.7 Å². The van der Waals surface area contributed by atoms with Gasteiger partial charge < -0.3 is 15.0 Å². The van der Waals surface area contributed by atoms with Crippen LogP contribution >= 0.6 is 0 Å². The molecule has 7 nitrogen and oxygen atoms in total. The number of hydrogen-bond acceptors (Lipinski definition) is 5. The number of carbonyl (C=O) groups excluding carboxylic acids is 2. The first-order chi connectivity index (χ1) is 10.0. The first-order valence-electron chi connectivity index (χ1n) is 7.04. The van der Waals surface area contributed by atoms with Gasteiger partial charge in [-0.1, -0.05) is 0 Å². The van der Waals surface area contributed by atoms with Crippen LogP contribution in [0.25, 0.3) is 0 Å². The molecule has 1 aromatic heterocycles. The van der Waals surface area contributed by atoms with Gasteiger partial charge in [0.1, 0.15) is 6.10 Å². The lowest BCUT2D eigenvalue weighted by Gasteiger charge is -2.32. The number of likely N-dealkylation sites (tertiary alicyclic amines) is 1. The minimum absolute atomic E-state index is 0.0341. The van der Waals surface area contributed by atoms with Gasteiger partial charge in [0.25, 0.3) is 0 Å². The highest BCUT2D eigenvalue weighted by atomic mass is 16.5. The van der Waals surface area contributed by atoms with Crippen molar-refractivity contribution < 1.29 is 14.3 Å². The van der Waals surface area contributed by atoms with Crippen LogP contribution in [-0.2, 0) is 9.59 Å². The van der Waals surface area contributed by atoms with Gasteiger partial charge >= 0.3 is 0 Å². The van der Waals surface area contributed by atoms with Crippen molar-refractivity contribution in [3.8, 4) is 5.88 Å². The SMILES string of the molecule is CC(=O)NCC(=O)N1CCCC(Oc2ccc(C)nn2)C1. The van der Waals surface area contributed by atoms with Crippen molar-refractivity contribution in [3.05, 3.63) is 17.8 Å². The van der Waals surface area contributed by atoms with Crippen LogP contribution in [0.5, 0.6) is 5.88 Å². The second-order valence-electron chi connectivity index (χ2n) is 5.14. The molecule has 1 fully saturated rings. The predicted octanol–water partition coefficient (Wildman–Crippen LogP) is 0.291. The van der Waals surface area contributed by atoms with Gasteiger partial charge in [-0.15, -0.1) is 5.10 Å². The molecule has 0 spiro atoms. The summed E-state index contributed by atoms with van der Waals surface area (Å²) < 4.78 is 5.76. The maximum atomic E-state index is 12.0. The fourth-order valence-electron chi connectivity index (χ4n) is 2.19. The first kappa shape index (κ1) is 15.2. The van der Waals surface area contributed by atoms with E-state index in [4.69, 9.17) is 4.74 Å². The number of rotatable bonds is 4. The molecule has 1 unspecified atom stereocenters. The lowest BCUT2D eigenvalue weighted by Crippen LogP contribution is -2.47. The molecule has 0 aliphatic carbocycles. The molecule has 1 N–H and O–H groups in total. The second kappa shape index (κ2) is 7.01.